The second-order valence-electron chi connectivity index (χ2n) is 4.55. The van der Waals surface area contributed by atoms with Crippen molar-refractivity contribution < 1.29 is 13.2 Å². The molecular formula is C14H11Cl2F3N2O. The van der Waals surface area contributed by atoms with Gasteiger partial charge in [-0.05, 0) is 11.6 Å². The fourth-order valence-corrected chi connectivity index (χ4v) is 2.36. The summed E-state index contributed by atoms with van der Waals surface area (Å²) in [5, 5.41) is 0.572. The first-order valence-corrected chi connectivity index (χ1v) is 7.10. The van der Waals surface area contributed by atoms with E-state index in [0.717, 1.165) is 4.57 Å². The Morgan fingerprint density at radius 2 is 1.95 bits per heavy atom. The van der Waals surface area contributed by atoms with Crippen LogP contribution >= 0.6 is 23.2 Å². The summed E-state index contributed by atoms with van der Waals surface area (Å²) in [7, 11) is 0. The Labute approximate surface area is 134 Å². The van der Waals surface area contributed by atoms with Crippen LogP contribution in [0.2, 0.25) is 10.0 Å². The van der Waals surface area contributed by atoms with Crippen molar-refractivity contribution in [1.82, 2.24) is 9.55 Å². The number of alkyl halides is 3. The fraction of sp³-hybridized carbons (Fsp3) is 0.286. The van der Waals surface area contributed by atoms with Crippen molar-refractivity contribution >= 4 is 23.2 Å². The van der Waals surface area contributed by atoms with E-state index in [0.29, 0.717) is 16.7 Å². The van der Waals surface area contributed by atoms with Crippen LogP contribution in [0.15, 0.2) is 29.1 Å². The van der Waals surface area contributed by atoms with E-state index in [2.05, 4.69) is 4.98 Å². The number of halogens is 5. The summed E-state index contributed by atoms with van der Waals surface area (Å²) in [4.78, 5) is 15.5. The van der Waals surface area contributed by atoms with E-state index in [-0.39, 0.29) is 23.8 Å². The second kappa shape index (κ2) is 6.30. The van der Waals surface area contributed by atoms with Gasteiger partial charge in [-0.15, -0.1) is 0 Å². The lowest BCUT2D eigenvalue weighted by Gasteiger charge is -2.14. The standard InChI is InChI=1S/C14H11Cl2F3N2O/c1-2-11-20-10(14(17,18)19)6-12(22)21(11)7-8-4-3-5-9(15)13(8)16/h3-6H,2,7H2,1H3. The average molecular weight is 351 g/mol. The van der Waals surface area contributed by atoms with Gasteiger partial charge in [-0.2, -0.15) is 13.2 Å². The van der Waals surface area contributed by atoms with Gasteiger partial charge >= 0.3 is 6.18 Å². The van der Waals surface area contributed by atoms with Crippen molar-refractivity contribution in [1.29, 1.82) is 0 Å². The van der Waals surface area contributed by atoms with Crippen LogP contribution in [0.4, 0.5) is 13.2 Å². The van der Waals surface area contributed by atoms with E-state index in [1.807, 2.05) is 0 Å². The molecule has 1 aromatic heterocycles. The Morgan fingerprint density at radius 3 is 2.55 bits per heavy atom. The summed E-state index contributed by atoms with van der Waals surface area (Å²) in [6.45, 7) is 1.63. The molecule has 0 saturated carbocycles. The van der Waals surface area contributed by atoms with Crippen LogP contribution in [0.25, 0.3) is 0 Å². The van der Waals surface area contributed by atoms with Gasteiger partial charge in [-0.25, -0.2) is 4.98 Å². The minimum atomic E-state index is -4.66. The molecule has 0 atom stereocenters. The number of rotatable bonds is 3. The minimum absolute atomic E-state index is 0.00649. The third-order valence-corrected chi connectivity index (χ3v) is 3.91. The number of nitrogens with zero attached hydrogens (tertiary/aromatic N) is 2. The lowest BCUT2D eigenvalue weighted by atomic mass is 10.2. The van der Waals surface area contributed by atoms with Crippen LogP contribution in [-0.2, 0) is 19.1 Å². The topological polar surface area (TPSA) is 34.9 Å². The molecule has 22 heavy (non-hydrogen) atoms. The molecule has 2 aromatic rings. The van der Waals surface area contributed by atoms with Crippen LogP contribution in [0.3, 0.4) is 0 Å². The molecule has 118 valence electrons. The molecule has 3 nitrogen and oxygen atoms in total. The molecule has 0 unspecified atom stereocenters. The largest absolute Gasteiger partial charge is 0.433 e. The molecule has 0 aliphatic rings. The van der Waals surface area contributed by atoms with E-state index >= 15 is 0 Å². The SMILES string of the molecule is CCc1nc(C(F)(F)F)cc(=O)n1Cc1cccc(Cl)c1Cl. The van der Waals surface area contributed by atoms with E-state index in [1.165, 1.54) is 0 Å². The van der Waals surface area contributed by atoms with Gasteiger partial charge in [0.25, 0.3) is 5.56 Å². The van der Waals surface area contributed by atoms with Crippen molar-refractivity contribution in [3.05, 3.63) is 61.7 Å². The van der Waals surface area contributed by atoms with Gasteiger partial charge in [-0.1, -0.05) is 42.3 Å². The zero-order valence-corrected chi connectivity index (χ0v) is 12.9. The molecule has 0 saturated heterocycles. The second-order valence-corrected chi connectivity index (χ2v) is 5.33. The van der Waals surface area contributed by atoms with Gasteiger partial charge in [0.1, 0.15) is 5.82 Å². The summed E-state index contributed by atoms with van der Waals surface area (Å²) in [5.74, 6) is 0.0378. The number of hydrogen-bond acceptors (Lipinski definition) is 2. The molecule has 0 aliphatic heterocycles. The van der Waals surface area contributed by atoms with Crippen LogP contribution in [0.5, 0.6) is 0 Å². The van der Waals surface area contributed by atoms with Crippen LogP contribution in [0.1, 0.15) is 24.0 Å². The van der Waals surface area contributed by atoms with Gasteiger partial charge in [0.2, 0.25) is 0 Å². The highest BCUT2D eigenvalue weighted by Gasteiger charge is 2.33. The van der Waals surface area contributed by atoms with Crippen molar-refractivity contribution in [2.75, 3.05) is 0 Å². The van der Waals surface area contributed by atoms with E-state index in [4.69, 9.17) is 23.2 Å². The lowest BCUT2D eigenvalue weighted by Crippen LogP contribution is -2.28. The van der Waals surface area contributed by atoms with Gasteiger partial charge in [0, 0.05) is 12.5 Å². The quantitative estimate of drug-likeness (QED) is 0.832. The summed E-state index contributed by atoms with van der Waals surface area (Å²) < 4.78 is 39.3. The molecule has 0 bridgehead atoms. The molecule has 8 heteroatoms. The van der Waals surface area contributed by atoms with Gasteiger partial charge in [-0.3, -0.25) is 9.36 Å². The van der Waals surface area contributed by atoms with Gasteiger partial charge < -0.3 is 0 Å². The number of aromatic nitrogens is 2. The highest BCUT2D eigenvalue weighted by molar-refractivity contribution is 6.42. The molecule has 0 fully saturated rings. The monoisotopic (exact) mass is 350 g/mol. The highest BCUT2D eigenvalue weighted by atomic mass is 35.5. The average Bonchev–Trinajstić information content (AvgIpc) is 2.44. The molecule has 1 heterocycles. The van der Waals surface area contributed by atoms with Crippen LogP contribution < -0.4 is 5.56 Å². The zero-order chi connectivity index (χ0) is 16.5. The van der Waals surface area contributed by atoms with Gasteiger partial charge in [0.05, 0.1) is 16.6 Å². The van der Waals surface area contributed by atoms with Gasteiger partial charge in [0.15, 0.2) is 5.69 Å². The molecule has 0 amide bonds. The zero-order valence-electron chi connectivity index (χ0n) is 11.4. The van der Waals surface area contributed by atoms with Crippen LogP contribution in [-0.4, -0.2) is 9.55 Å². The number of hydrogen-bond donors (Lipinski definition) is 0. The third-order valence-electron chi connectivity index (χ3n) is 3.05. The smallest absolute Gasteiger partial charge is 0.292 e. The highest BCUT2D eigenvalue weighted by Crippen LogP contribution is 2.28. The number of benzene rings is 1. The normalized spacial score (nSPS) is 11.7. The molecule has 0 spiro atoms. The fourth-order valence-electron chi connectivity index (χ4n) is 1.98. The van der Waals surface area contributed by atoms with Crippen molar-refractivity contribution in [3.8, 4) is 0 Å². The molecule has 0 aliphatic carbocycles. The Kier molecular flexibility index (Phi) is 4.82. The molecule has 0 radical (unpaired) electrons. The summed E-state index contributed by atoms with van der Waals surface area (Å²) in [5.41, 5.74) is -1.44. The summed E-state index contributed by atoms with van der Waals surface area (Å²) in [6.07, 6.45) is -4.48. The number of aryl methyl sites for hydroxylation is 1. The summed E-state index contributed by atoms with van der Waals surface area (Å²) in [6, 6.07) is 5.37. The van der Waals surface area contributed by atoms with Crippen molar-refractivity contribution in [3.63, 3.8) is 0 Å². The molecule has 0 N–H and O–H groups in total. The first kappa shape index (κ1) is 16.8. The Balaban J connectivity index is 2.52. The molecule has 1 aromatic carbocycles. The van der Waals surface area contributed by atoms with E-state index in [9.17, 15) is 18.0 Å². The Morgan fingerprint density at radius 1 is 1.27 bits per heavy atom. The maximum Gasteiger partial charge on any atom is 0.433 e. The molecular weight excluding hydrogens is 340 g/mol. The first-order chi connectivity index (χ1) is 10.2. The maximum absolute atomic E-state index is 12.7. The predicted octanol–water partition coefficient (Wildman–Crippen LogP) is 4.18. The van der Waals surface area contributed by atoms with Crippen molar-refractivity contribution in [2.45, 2.75) is 26.1 Å². The first-order valence-electron chi connectivity index (χ1n) is 6.35. The van der Waals surface area contributed by atoms with E-state index in [1.54, 1.807) is 25.1 Å². The van der Waals surface area contributed by atoms with Crippen LogP contribution in [0, 0.1) is 0 Å². The Hall–Kier alpha value is -1.53. The Bertz CT molecular complexity index is 757. The third kappa shape index (κ3) is 3.44. The summed E-state index contributed by atoms with van der Waals surface area (Å²) >= 11 is 11.9. The minimum Gasteiger partial charge on any atom is -0.292 e. The predicted molar refractivity (Wildman–Crippen MR) is 78.4 cm³/mol. The molecule has 2 rings (SSSR count). The van der Waals surface area contributed by atoms with Crippen molar-refractivity contribution in [2.24, 2.45) is 0 Å². The van der Waals surface area contributed by atoms with E-state index < -0.39 is 17.4 Å². The maximum atomic E-state index is 12.7. The lowest BCUT2D eigenvalue weighted by molar-refractivity contribution is -0.141.